The highest BCUT2D eigenvalue weighted by molar-refractivity contribution is 4.84. The van der Waals surface area contributed by atoms with Crippen molar-refractivity contribution < 1.29 is 0 Å². The standard InChI is InChI=1S/C16H37N5/c1-15(2)17-13-16-14-20(9-7-18(3)4)10-12-21(16)11-8-19(5)6/h15-17H,7-14H2,1-6H3. The number of hydrogen-bond donors (Lipinski definition) is 1. The first-order valence-electron chi connectivity index (χ1n) is 8.37. The van der Waals surface area contributed by atoms with Gasteiger partial charge in [-0.25, -0.2) is 0 Å². The van der Waals surface area contributed by atoms with Crippen LogP contribution in [0.3, 0.4) is 0 Å². The Bertz CT molecular complexity index is 267. The SMILES string of the molecule is CC(C)NCC1CN(CCN(C)C)CCN1CCN(C)C. The Hall–Kier alpha value is -0.200. The van der Waals surface area contributed by atoms with Crippen molar-refractivity contribution in [3.8, 4) is 0 Å². The fourth-order valence-electron chi connectivity index (χ4n) is 2.69. The fraction of sp³-hybridized carbons (Fsp3) is 1.00. The molecule has 1 heterocycles. The first kappa shape index (κ1) is 18.8. The first-order valence-corrected chi connectivity index (χ1v) is 8.37. The summed E-state index contributed by atoms with van der Waals surface area (Å²) in [6.07, 6.45) is 0. The van der Waals surface area contributed by atoms with Crippen molar-refractivity contribution in [2.24, 2.45) is 0 Å². The van der Waals surface area contributed by atoms with Gasteiger partial charge in [-0.15, -0.1) is 0 Å². The van der Waals surface area contributed by atoms with Crippen molar-refractivity contribution >= 4 is 0 Å². The van der Waals surface area contributed by atoms with Crippen LogP contribution in [0, 0.1) is 0 Å². The minimum atomic E-state index is 0.567. The van der Waals surface area contributed by atoms with Crippen LogP contribution < -0.4 is 5.32 Å². The molecule has 0 amide bonds. The van der Waals surface area contributed by atoms with Gasteiger partial charge in [0.15, 0.2) is 0 Å². The van der Waals surface area contributed by atoms with E-state index in [2.05, 4.69) is 67.0 Å². The highest BCUT2D eigenvalue weighted by atomic mass is 15.3. The maximum Gasteiger partial charge on any atom is 0.0349 e. The van der Waals surface area contributed by atoms with Crippen molar-refractivity contribution in [2.45, 2.75) is 25.9 Å². The van der Waals surface area contributed by atoms with E-state index in [1.54, 1.807) is 0 Å². The van der Waals surface area contributed by atoms with E-state index in [0.29, 0.717) is 12.1 Å². The van der Waals surface area contributed by atoms with Crippen LogP contribution in [0.1, 0.15) is 13.8 Å². The molecule has 1 aliphatic rings. The van der Waals surface area contributed by atoms with E-state index in [4.69, 9.17) is 0 Å². The minimum absolute atomic E-state index is 0.567. The van der Waals surface area contributed by atoms with Gasteiger partial charge in [-0.3, -0.25) is 9.80 Å². The largest absolute Gasteiger partial charge is 0.313 e. The Morgan fingerprint density at radius 3 is 2.19 bits per heavy atom. The summed E-state index contributed by atoms with van der Waals surface area (Å²) in [5.74, 6) is 0. The Morgan fingerprint density at radius 1 is 1.00 bits per heavy atom. The molecule has 5 nitrogen and oxygen atoms in total. The molecule has 0 aromatic carbocycles. The van der Waals surface area contributed by atoms with Gasteiger partial charge in [-0.2, -0.15) is 0 Å². The Labute approximate surface area is 132 Å². The van der Waals surface area contributed by atoms with Crippen LogP contribution >= 0.6 is 0 Å². The summed E-state index contributed by atoms with van der Waals surface area (Å²) in [7, 11) is 8.64. The lowest BCUT2D eigenvalue weighted by Gasteiger charge is -2.42. The second-order valence-corrected chi connectivity index (χ2v) is 7.16. The summed E-state index contributed by atoms with van der Waals surface area (Å²) in [5.41, 5.74) is 0. The molecule has 126 valence electrons. The van der Waals surface area contributed by atoms with E-state index in [9.17, 15) is 0 Å². The van der Waals surface area contributed by atoms with E-state index < -0.39 is 0 Å². The van der Waals surface area contributed by atoms with Gasteiger partial charge in [0.2, 0.25) is 0 Å². The number of rotatable bonds is 9. The number of likely N-dealkylation sites (N-methyl/N-ethyl adjacent to an activating group) is 2. The summed E-state index contributed by atoms with van der Waals surface area (Å²) in [5, 5.41) is 3.63. The molecular weight excluding hydrogens is 262 g/mol. The third-order valence-corrected chi connectivity index (χ3v) is 4.15. The first-order chi connectivity index (χ1) is 9.88. The van der Waals surface area contributed by atoms with Crippen LogP contribution in [0.2, 0.25) is 0 Å². The average molecular weight is 300 g/mol. The zero-order valence-corrected chi connectivity index (χ0v) is 15.1. The van der Waals surface area contributed by atoms with Gasteiger partial charge in [-0.05, 0) is 28.2 Å². The van der Waals surface area contributed by atoms with Crippen LogP contribution in [0.5, 0.6) is 0 Å². The molecule has 5 heteroatoms. The lowest BCUT2D eigenvalue weighted by molar-refractivity contribution is 0.0645. The normalized spacial score (nSPS) is 21.9. The second-order valence-electron chi connectivity index (χ2n) is 7.16. The van der Waals surface area contributed by atoms with Gasteiger partial charge < -0.3 is 15.1 Å². The number of nitrogens with one attached hydrogen (secondary N) is 1. The smallest absolute Gasteiger partial charge is 0.0349 e. The molecule has 1 rings (SSSR count). The predicted octanol–water partition coefficient (Wildman–Crippen LogP) is 0.0938. The summed E-state index contributed by atoms with van der Waals surface area (Å²) in [6.45, 7) is 13.8. The Kier molecular flexibility index (Phi) is 8.74. The van der Waals surface area contributed by atoms with E-state index in [1.807, 2.05) is 0 Å². The molecule has 1 atom stereocenters. The maximum absolute atomic E-state index is 3.63. The maximum atomic E-state index is 3.63. The van der Waals surface area contributed by atoms with Crippen molar-refractivity contribution in [3.05, 3.63) is 0 Å². The third kappa shape index (κ3) is 8.12. The van der Waals surface area contributed by atoms with Crippen molar-refractivity contribution in [1.82, 2.24) is 24.9 Å². The Morgan fingerprint density at radius 2 is 1.62 bits per heavy atom. The summed E-state index contributed by atoms with van der Waals surface area (Å²) in [6, 6.07) is 1.21. The molecule has 1 saturated heterocycles. The molecular formula is C16H37N5. The molecule has 0 aromatic rings. The molecule has 1 unspecified atom stereocenters. The van der Waals surface area contributed by atoms with Gasteiger partial charge >= 0.3 is 0 Å². The van der Waals surface area contributed by atoms with Gasteiger partial charge in [-0.1, -0.05) is 13.8 Å². The summed E-state index contributed by atoms with van der Waals surface area (Å²) in [4.78, 5) is 9.85. The van der Waals surface area contributed by atoms with Gasteiger partial charge in [0.25, 0.3) is 0 Å². The van der Waals surface area contributed by atoms with Crippen LogP contribution in [-0.4, -0.2) is 112 Å². The van der Waals surface area contributed by atoms with E-state index in [0.717, 1.165) is 19.6 Å². The van der Waals surface area contributed by atoms with Crippen molar-refractivity contribution in [2.75, 3.05) is 80.5 Å². The lowest BCUT2D eigenvalue weighted by Crippen LogP contribution is -2.58. The van der Waals surface area contributed by atoms with Crippen LogP contribution in [0.15, 0.2) is 0 Å². The summed E-state index contributed by atoms with van der Waals surface area (Å²) >= 11 is 0. The van der Waals surface area contributed by atoms with Gasteiger partial charge in [0.1, 0.15) is 0 Å². The van der Waals surface area contributed by atoms with E-state index in [1.165, 1.54) is 32.7 Å². The molecule has 0 aromatic heterocycles. The highest BCUT2D eigenvalue weighted by Gasteiger charge is 2.26. The quantitative estimate of drug-likeness (QED) is 0.651. The predicted molar refractivity (Wildman–Crippen MR) is 92.0 cm³/mol. The van der Waals surface area contributed by atoms with Gasteiger partial charge in [0, 0.05) is 64.4 Å². The highest BCUT2D eigenvalue weighted by Crippen LogP contribution is 2.09. The number of piperazine rings is 1. The molecule has 0 radical (unpaired) electrons. The molecule has 1 fully saturated rings. The minimum Gasteiger partial charge on any atom is -0.313 e. The van der Waals surface area contributed by atoms with Crippen molar-refractivity contribution in [3.63, 3.8) is 0 Å². The molecule has 1 N–H and O–H groups in total. The Balaban J connectivity index is 2.47. The summed E-state index contributed by atoms with van der Waals surface area (Å²) < 4.78 is 0. The molecule has 0 bridgehead atoms. The van der Waals surface area contributed by atoms with Crippen LogP contribution in [0.4, 0.5) is 0 Å². The zero-order chi connectivity index (χ0) is 15.8. The van der Waals surface area contributed by atoms with Crippen LogP contribution in [0.25, 0.3) is 0 Å². The molecule has 0 spiro atoms. The number of nitrogens with zero attached hydrogens (tertiary/aromatic N) is 4. The number of hydrogen-bond acceptors (Lipinski definition) is 5. The van der Waals surface area contributed by atoms with Gasteiger partial charge in [0.05, 0.1) is 0 Å². The molecule has 1 aliphatic heterocycles. The zero-order valence-electron chi connectivity index (χ0n) is 15.1. The van der Waals surface area contributed by atoms with Crippen LogP contribution in [-0.2, 0) is 0 Å². The second kappa shape index (κ2) is 9.74. The van der Waals surface area contributed by atoms with E-state index >= 15 is 0 Å². The lowest BCUT2D eigenvalue weighted by atomic mass is 10.1. The monoisotopic (exact) mass is 299 g/mol. The molecule has 0 aliphatic carbocycles. The topological polar surface area (TPSA) is 25.0 Å². The molecule has 21 heavy (non-hydrogen) atoms. The molecule has 0 saturated carbocycles. The average Bonchev–Trinajstić information content (AvgIpc) is 2.41. The fourth-order valence-corrected chi connectivity index (χ4v) is 2.69. The van der Waals surface area contributed by atoms with Crippen molar-refractivity contribution in [1.29, 1.82) is 0 Å². The third-order valence-electron chi connectivity index (χ3n) is 4.15. The van der Waals surface area contributed by atoms with E-state index in [-0.39, 0.29) is 0 Å².